The van der Waals surface area contributed by atoms with Crippen LogP contribution in [0, 0.1) is 0 Å². The number of alkyl halides is 3. The van der Waals surface area contributed by atoms with Crippen LogP contribution in [0.15, 0.2) is 24.3 Å². The van der Waals surface area contributed by atoms with Gasteiger partial charge in [-0.15, -0.1) is 0 Å². The minimum Gasteiger partial charge on any atom is -0.310 e. The molecule has 1 aliphatic heterocycles. The van der Waals surface area contributed by atoms with Gasteiger partial charge in [0.05, 0.1) is 5.56 Å². The summed E-state index contributed by atoms with van der Waals surface area (Å²) in [6, 6.07) is 5.65. The van der Waals surface area contributed by atoms with Crippen LogP contribution in [-0.4, -0.2) is 6.54 Å². The molecule has 1 saturated heterocycles. The molecule has 16 heavy (non-hydrogen) atoms. The molecule has 0 bridgehead atoms. The number of benzene rings is 1. The van der Waals surface area contributed by atoms with Crippen molar-refractivity contribution in [3.63, 3.8) is 0 Å². The van der Waals surface area contributed by atoms with Gasteiger partial charge >= 0.3 is 6.18 Å². The largest absolute Gasteiger partial charge is 0.416 e. The van der Waals surface area contributed by atoms with E-state index in [2.05, 4.69) is 5.32 Å². The fraction of sp³-hybridized carbons (Fsp3) is 0.500. The summed E-state index contributed by atoms with van der Waals surface area (Å²) in [5.41, 5.74) is 0.366. The average molecular weight is 231 g/mol. The average Bonchev–Trinajstić information content (AvgIpc) is 2.69. The molecule has 1 fully saturated rings. The van der Waals surface area contributed by atoms with Gasteiger partial charge < -0.3 is 5.32 Å². The summed E-state index contributed by atoms with van der Waals surface area (Å²) in [5, 5.41) is 3.25. The van der Waals surface area contributed by atoms with Gasteiger partial charge in [0.1, 0.15) is 0 Å². The number of halogens is 3. The molecule has 1 aromatic rings. The highest BCUT2D eigenvalue weighted by Gasteiger charge is 2.30. The van der Waals surface area contributed by atoms with Crippen LogP contribution in [-0.2, 0) is 6.18 Å². The molecule has 90 valence electrons. The van der Waals surface area contributed by atoms with E-state index in [0.717, 1.165) is 37.1 Å². The van der Waals surface area contributed by atoms with Gasteiger partial charge in [-0.05, 0) is 37.1 Å². The number of hydrogen-bond acceptors (Lipinski definition) is 1. The molecule has 0 saturated carbocycles. The van der Waals surface area contributed by atoms with Crippen molar-refractivity contribution in [2.75, 3.05) is 6.54 Å². The molecular formula is C12H16F3N. The quantitative estimate of drug-likeness (QED) is 0.775. The standard InChI is InChI=1S/C11H12F3N.CH4/c12-11(13,14)9-5-3-8(4-6-9)10-2-1-7-15-10;/h3-6,10,15H,1-2,7H2;1H4. The molecule has 2 rings (SSSR count). The molecule has 1 aromatic carbocycles. The lowest BCUT2D eigenvalue weighted by Gasteiger charge is -2.12. The van der Waals surface area contributed by atoms with E-state index in [9.17, 15) is 13.2 Å². The monoisotopic (exact) mass is 231 g/mol. The van der Waals surface area contributed by atoms with Crippen LogP contribution in [0.5, 0.6) is 0 Å². The summed E-state index contributed by atoms with van der Waals surface area (Å²) in [4.78, 5) is 0. The minimum atomic E-state index is -4.23. The second-order valence-electron chi connectivity index (χ2n) is 3.77. The van der Waals surface area contributed by atoms with Gasteiger partial charge in [-0.1, -0.05) is 19.6 Å². The Hall–Kier alpha value is -1.03. The highest BCUT2D eigenvalue weighted by Crippen LogP contribution is 2.31. The Kier molecular flexibility index (Phi) is 3.97. The molecule has 0 aromatic heterocycles. The first-order valence-electron chi connectivity index (χ1n) is 4.98. The summed E-state index contributed by atoms with van der Waals surface area (Å²) in [5.74, 6) is 0. The van der Waals surface area contributed by atoms with E-state index in [1.165, 1.54) is 0 Å². The molecule has 1 aliphatic rings. The molecule has 0 aliphatic carbocycles. The topological polar surface area (TPSA) is 12.0 Å². The Morgan fingerprint density at radius 2 is 1.75 bits per heavy atom. The first kappa shape index (κ1) is 13.0. The zero-order chi connectivity index (χ0) is 10.9. The van der Waals surface area contributed by atoms with Crippen molar-refractivity contribution >= 4 is 0 Å². The first-order valence-corrected chi connectivity index (χ1v) is 4.98. The number of nitrogens with one attached hydrogen (secondary N) is 1. The first-order chi connectivity index (χ1) is 7.07. The molecule has 0 radical (unpaired) electrons. The minimum absolute atomic E-state index is 0. The molecule has 1 heterocycles. The smallest absolute Gasteiger partial charge is 0.310 e. The Labute approximate surface area is 93.7 Å². The fourth-order valence-electron chi connectivity index (χ4n) is 1.87. The summed E-state index contributed by atoms with van der Waals surface area (Å²) in [6.45, 7) is 0.950. The SMILES string of the molecule is C.FC(F)(F)c1ccc(C2CCCN2)cc1. The van der Waals surface area contributed by atoms with Crippen molar-refractivity contribution in [3.8, 4) is 0 Å². The van der Waals surface area contributed by atoms with Crippen molar-refractivity contribution in [2.45, 2.75) is 32.5 Å². The van der Waals surface area contributed by atoms with Crippen LogP contribution in [0.4, 0.5) is 13.2 Å². The maximum Gasteiger partial charge on any atom is 0.416 e. The van der Waals surface area contributed by atoms with E-state index in [-0.39, 0.29) is 13.5 Å². The van der Waals surface area contributed by atoms with E-state index in [0.29, 0.717) is 0 Å². The van der Waals surface area contributed by atoms with Crippen LogP contribution in [0.1, 0.15) is 37.4 Å². The van der Waals surface area contributed by atoms with Crippen molar-refractivity contribution in [3.05, 3.63) is 35.4 Å². The zero-order valence-electron chi connectivity index (χ0n) is 8.14. The van der Waals surface area contributed by atoms with Crippen molar-refractivity contribution in [1.82, 2.24) is 5.32 Å². The summed E-state index contributed by atoms with van der Waals surface area (Å²) in [7, 11) is 0. The lowest BCUT2D eigenvalue weighted by Crippen LogP contribution is -2.13. The van der Waals surface area contributed by atoms with Gasteiger partial charge in [0.15, 0.2) is 0 Å². The fourth-order valence-corrected chi connectivity index (χ4v) is 1.87. The van der Waals surface area contributed by atoms with Gasteiger partial charge in [-0.3, -0.25) is 0 Å². The molecule has 1 nitrogen and oxygen atoms in total. The summed E-state index contributed by atoms with van der Waals surface area (Å²) in [6.07, 6.45) is -2.14. The number of hydrogen-bond donors (Lipinski definition) is 1. The molecule has 0 amide bonds. The van der Waals surface area contributed by atoms with E-state index in [1.807, 2.05) is 0 Å². The maximum atomic E-state index is 12.3. The Balaban J connectivity index is 0.00000128. The molecule has 1 N–H and O–H groups in total. The lowest BCUT2D eigenvalue weighted by molar-refractivity contribution is -0.137. The second kappa shape index (κ2) is 4.87. The maximum absolute atomic E-state index is 12.3. The van der Waals surface area contributed by atoms with Crippen LogP contribution >= 0.6 is 0 Å². The Bertz CT molecular complexity index is 323. The second-order valence-corrected chi connectivity index (χ2v) is 3.77. The third kappa shape index (κ3) is 2.76. The Morgan fingerprint density at radius 1 is 1.12 bits per heavy atom. The van der Waals surface area contributed by atoms with E-state index in [1.54, 1.807) is 12.1 Å². The zero-order valence-corrected chi connectivity index (χ0v) is 8.14. The predicted octanol–water partition coefficient (Wildman–Crippen LogP) is 3.77. The lowest BCUT2D eigenvalue weighted by atomic mass is 10.0. The normalized spacial score (nSPS) is 20.6. The van der Waals surface area contributed by atoms with Crippen LogP contribution in [0.3, 0.4) is 0 Å². The van der Waals surface area contributed by atoms with Crippen molar-refractivity contribution in [1.29, 1.82) is 0 Å². The third-order valence-electron chi connectivity index (χ3n) is 2.70. The van der Waals surface area contributed by atoms with E-state index < -0.39 is 11.7 Å². The number of rotatable bonds is 1. The predicted molar refractivity (Wildman–Crippen MR) is 58.2 cm³/mol. The van der Waals surface area contributed by atoms with E-state index >= 15 is 0 Å². The van der Waals surface area contributed by atoms with Crippen molar-refractivity contribution in [2.24, 2.45) is 0 Å². The highest BCUT2D eigenvalue weighted by molar-refractivity contribution is 5.27. The van der Waals surface area contributed by atoms with Gasteiger partial charge in [0.2, 0.25) is 0 Å². The van der Waals surface area contributed by atoms with Crippen LogP contribution in [0.25, 0.3) is 0 Å². The molecule has 0 spiro atoms. The van der Waals surface area contributed by atoms with E-state index in [4.69, 9.17) is 0 Å². The van der Waals surface area contributed by atoms with Crippen molar-refractivity contribution < 1.29 is 13.2 Å². The Morgan fingerprint density at radius 3 is 2.19 bits per heavy atom. The van der Waals surface area contributed by atoms with Gasteiger partial charge in [0, 0.05) is 6.04 Å². The third-order valence-corrected chi connectivity index (χ3v) is 2.70. The summed E-state index contributed by atoms with van der Waals surface area (Å²) < 4.78 is 36.8. The molecule has 1 atom stereocenters. The summed E-state index contributed by atoms with van der Waals surface area (Å²) >= 11 is 0. The van der Waals surface area contributed by atoms with Gasteiger partial charge in [0.25, 0.3) is 0 Å². The van der Waals surface area contributed by atoms with Crippen LogP contribution in [0.2, 0.25) is 0 Å². The molecular weight excluding hydrogens is 215 g/mol. The van der Waals surface area contributed by atoms with Gasteiger partial charge in [-0.2, -0.15) is 13.2 Å². The molecule has 4 heteroatoms. The van der Waals surface area contributed by atoms with Gasteiger partial charge in [-0.25, -0.2) is 0 Å². The highest BCUT2D eigenvalue weighted by atomic mass is 19.4. The van der Waals surface area contributed by atoms with Crippen LogP contribution < -0.4 is 5.32 Å². The molecule has 1 unspecified atom stereocenters.